The zero-order chi connectivity index (χ0) is 18.5. The Hall–Kier alpha value is -3.35. The van der Waals surface area contributed by atoms with Gasteiger partial charge < -0.3 is 15.2 Å². The molecule has 3 rings (SSSR count). The molecule has 0 radical (unpaired) electrons. The van der Waals surface area contributed by atoms with Gasteiger partial charge in [-0.05, 0) is 55.0 Å². The number of aromatic nitrogens is 2. The zero-order valence-electron chi connectivity index (χ0n) is 14.5. The molecule has 134 valence electrons. The first kappa shape index (κ1) is 17.5. The smallest absolute Gasteiger partial charge is 0.221 e. The Bertz CT molecular complexity index is 920. The van der Waals surface area contributed by atoms with Crippen LogP contribution in [0.15, 0.2) is 53.8 Å². The molecule has 1 aromatic heterocycles. The molecule has 0 saturated heterocycles. The molecule has 0 unspecified atom stereocenters. The normalized spacial score (nSPS) is 11.0. The second kappa shape index (κ2) is 7.69. The van der Waals surface area contributed by atoms with Crippen LogP contribution in [0.4, 0.5) is 10.3 Å². The van der Waals surface area contributed by atoms with Crippen molar-refractivity contribution < 1.29 is 13.9 Å². The molecule has 7 heteroatoms. The van der Waals surface area contributed by atoms with Gasteiger partial charge in [-0.15, -0.1) is 0 Å². The predicted octanol–water partition coefficient (Wildman–Crippen LogP) is 3.38. The lowest BCUT2D eigenvalue weighted by atomic mass is 10.1. The molecule has 0 atom stereocenters. The highest BCUT2D eigenvalue weighted by molar-refractivity contribution is 5.80. The summed E-state index contributed by atoms with van der Waals surface area (Å²) < 4.78 is 25.6. The topological polar surface area (TPSA) is 74.7 Å². The number of aryl methyl sites for hydroxylation is 1. The van der Waals surface area contributed by atoms with Gasteiger partial charge in [0.1, 0.15) is 23.9 Å². The largest absolute Gasteiger partial charge is 0.496 e. The first-order valence-corrected chi connectivity index (χ1v) is 7.96. The van der Waals surface area contributed by atoms with E-state index >= 15 is 0 Å². The van der Waals surface area contributed by atoms with Crippen molar-refractivity contribution in [1.82, 2.24) is 9.66 Å². The van der Waals surface area contributed by atoms with E-state index in [1.54, 1.807) is 31.7 Å². The van der Waals surface area contributed by atoms with Crippen LogP contribution >= 0.6 is 0 Å². The second-order valence-corrected chi connectivity index (χ2v) is 5.64. The quantitative estimate of drug-likeness (QED) is 0.689. The van der Waals surface area contributed by atoms with Crippen molar-refractivity contribution in [2.24, 2.45) is 5.10 Å². The van der Waals surface area contributed by atoms with Gasteiger partial charge in [-0.3, -0.25) is 0 Å². The fourth-order valence-corrected chi connectivity index (χ4v) is 2.41. The summed E-state index contributed by atoms with van der Waals surface area (Å²) >= 11 is 0. The molecule has 26 heavy (non-hydrogen) atoms. The second-order valence-electron chi connectivity index (χ2n) is 5.64. The highest BCUT2D eigenvalue weighted by Gasteiger charge is 2.06. The number of nitrogens with two attached hydrogens (primary N) is 1. The summed E-state index contributed by atoms with van der Waals surface area (Å²) in [6.45, 7) is 2.13. The monoisotopic (exact) mass is 354 g/mol. The van der Waals surface area contributed by atoms with Crippen molar-refractivity contribution in [3.63, 3.8) is 0 Å². The zero-order valence-corrected chi connectivity index (χ0v) is 14.5. The van der Waals surface area contributed by atoms with Gasteiger partial charge in [-0.25, -0.2) is 14.1 Å². The van der Waals surface area contributed by atoms with Gasteiger partial charge in [0.05, 0.1) is 25.2 Å². The molecule has 6 nitrogen and oxygen atoms in total. The van der Waals surface area contributed by atoms with Crippen LogP contribution in [0.5, 0.6) is 11.5 Å². The summed E-state index contributed by atoms with van der Waals surface area (Å²) in [5.74, 6) is 1.30. The maximum Gasteiger partial charge on any atom is 0.221 e. The van der Waals surface area contributed by atoms with Gasteiger partial charge >= 0.3 is 0 Å². The number of ether oxygens (including phenoxy) is 2. The third-order valence-corrected chi connectivity index (χ3v) is 3.68. The Morgan fingerprint density at radius 3 is 2.65 bits per heavy atom. The third kappa shape index (κ3) is 4.18. The number of hydrogen-bond donors (Lipinski definition) is 1. The summed E-state index contributed by atoms with van der Waals surface area (Å²) in [6.07, 6.45) is 3.42. The van der Waals surface area contributed by atoms with Crippen molar-refractivity contribution in [2.75, 3.05) is 12.8 Å². The van der Waals surface area contributed by atoms with Crippen molar-refractivity contribution in [3.8, 4) is 11.5 Å². The van der Waals surface area contributed by atoms with Crippen molar-refractivity contribution >= 4 is 12.2 Å². The van der Waals surface area contributed by atoms with Gasteiger partial charge in [0.15, 0.2) is 0 Å². The Balaban J connectivity index is 1.77. The van der Waals surface area contributed by atoms with Crippen LogP contribution in [-0.4, -0.2) is 23.0 Å². The molecule has 0 saturated carbocycles. The molecule has 2 N–H and O–H groups in total. The summed E-state index contributed by atoms with van der Waals surface area (Å²) in [5.41, 5.74) is 8.27. The van der Waals surface area contributed by atoms with E-state index in [-0.39, 0.29) is 12.4 Å². The highest BCUT2D eigenvalue weighted by atomic mass is 19.1. The van der Waals surface area contributed by atoms with E-state index in [1.165, 1.54) is 16.8 Å². The third-order valence-electron chi connectivity index (χ3n) is 3.68. The molecular formula is C19H19FN4O2. The molecule has 0 aliphatic heterocycles. The number of methoxy groups -OCH3 is 1. The fourth-order valence-electron chi connectivity index (χ4n) is 2.41. The number of hydrogen-bond acceptors (Lipinski definition) is 5. The van der Waals surface area contributed by atoms with Crippen LogP contribution < -0.4 is 15.2 Å². The fraction of sp³-hybridized carbons (Fsp3) is 0.158. The number of anilines is 1. The van der Waals surface area contributed by atoms with Crippen molar-refractivity contribution in [3.05, 3.63) is 71.3 Å². The molecule has 0 aliphatic rings. The van der Waals surface area contributed by atoms with E-state index in [0.29, 0.717) is 17.4 Å². The summed E-state index contributed by atoms with van der Waals surface area (Å²) in [6, 6.07) is 11.5. The van der Waals surface area contributed by atoms with Gasteiger partial charge in [-0.1, -0.05) is 0 Å². The number of rotatable bonds is 6. The van der Waals surface area contributed by atoms with E-state index in [9.17, 15) is 4.39 Å². The number of benzene rings is 2. The minimum Gasteiger partial charge on any atom is -0.496 e. The molecule has 0 spiro atoms. The van der Waals surface area contributed by atoms with Gasteiger partial charge in [0, 0.05) is 5.56 Å². The molecule has 0 bridgehead atoms. The summed E-state index contributed by atoms with van der Waals surface area (Å²) in [5, 5.41) is 4.30. The van der Waals surface area contributed by atoms with Gasteiger partial charge in [-0.2, -0.15) is 5.10 Å². The van der Waals surface area contributed by atoms with Crippen molar-refractivity contribution in [2.45, 2.75) is 13.5 Å². The van der Waals surface area contributed by atoms with Crippen molar-refractivity contribution in [1.29, 1.82) is 0 Å². The number of halogens is 1. The molecule has 0 fully saturated rings. The molecule has 0 aliphatic carbocycles. The van der Waals surface area contributed by atoms with E-state index in [2.05, 4.69) is 10.1 Å². The average Bonchev–Trinajstić information content (AvgIpc) is 2.97. The van der Waals surface area contributed by atoms with Crippen LogP contribution in [0, 0.1) is 12.7 Å². The lowest BCUT2D eigenvalue weighted by Gasteiger charge is -2.11. The number of nitrogens with zero attached hydrogens (tertiary/aromatic N) is 3. The minimum absolute atomic E-state index is 0.281. The van der Waals surface area contributed by atoms with E-state index < -0.39 is 0 Å². The SMILES string of the molecule is COc1ccc(C=Nn2cc(C)nc2N)cc1COc1ccc(F)cc1. The molecule has 2 aromatic carbocycles. The summed E-state index contributed by atoms with van der Waals surface area (Å²) in [7, 11) is 1.60. The average molecular weight is 354 g/mol. The Morgan fingerprint density at radius 2 is 2.00 bits per heavy atom. The first-order chi connectivity index (χ1) is 12.5. The Morgan fingerprint density at radius 1 is 1.23 bits per heavy atom. The highest BCUT2D eigenvalue weighted by Crippen LogP contribution is 2.22. The Labute approximate surface area is 150 Å². The maximum atomic E-state index is 13.0. The van der Waals surface area contributed by atoms with Gasteiger partial charge in [0.25, 0.3) is 0 Å². The van der Waals surface area contributed by atoms with Crippen LogP contribution in [0.1, 0.15) is 16.8 Å². The molecule has 0 amide bonds. The minimum atomic E-state index is -0.304. The maximum absolute atomic E-state index is 13.0. The van der Waals surface area contributed by atoms with E-state index in [1.807, 2.05) is 25.1 Å². The Kier molecular flexibility index (Phi) is 5.17. The predicted molar refractivity (Wildman–Crippen MR) is 98.1 cm³/mol. The lowest BCUT2D eigenvalue weighted by molar-refractivity contribution is 0.296. The number of nitrogen functional groups attached to an aromatic ring is 1. The van der Waals surface area contributed by atoms with E-state index in [4.69, 9.17) is 15.2 Å². The first-order valence-electron chi connectivity index (χ1n) is 7.96. The van der Waals surface area contributed by atoms with E-state index in [0.717, 1.165) is 16.8 Å². The van der Waals surface area contributed by atoms with Gasteiger partial charge in [0.2, 0.25) is 5.95 Å². The summed E-state index contributed by atoms with van der Waals surface area (Å²) in [4.78, 5) is 4.10. The molecular weight excluding hydrogens is 335 g/mol. The molecule has 1 heterocycles. The van der Waals surface area contributed by atoms with Crippen LogP contribution in [0.2, 0.25) is 0 Å². The van der Waals surface area contributed by atoms with Crippen LogP contribution in [-0.2, 0) is 6.61 Å². The van der Waals surface area contributed by atoms with Crippen LogP contribution in [0.3, 0.4) is 0 Å². The number of imidazole rings is 1. The standard InChI is InChI=1S/C19H19FN4O2/c1-13-11-24(19(21)23-13)22-10-14-3-8-18(25-2)15(9-14)12-26-17-6-4-16(20)5-7-17/h3-11H,12H2,1-2H3,(H2,21,23). The lowest BCUT2D eigenvalue weighted by Crippen LogP contribution is -2.01. The van der Waals surface area contributed by atoms with Crippen LogP contribution in [0.25, 0.3) is 0 Å². The molecule has 3 aromatic rings.